The zero-order chi connectivity index (χ0) is 17.9. The number of aliphatic hydroxyl groups excluding tert-OH is 1. The van der Waals surface area contributed by atoms with Gasteiger partial charge in [-0.2, -0.15) is 0 Å². The normalized spacial score (nSPS) is 32.5. The zero-order valence-electron chi connectivity index (χ0n) is 15.1. The zero-order valence-corrected chi connectivity index (χ0v) is 15.1. The largest absolute Gasteiger partial charge is 0.490 e. The molecule has 136 valence electrons. The number of aliphatic hydroxyl groups is 1. The van der Waals surface area contributed by atoms with E-state index in [1.807, 2.05) is 33.0 Å². The highest BCUT2D eigenvalue weighted by Gasteiger charge is 2.83. The number of rotatable bonds is 5. The molecule has 1 N–H and O–H groups in total. The third-order valence-electron chi connectivity index (χ3n) is 5.83. The molecule has 0 spiro atoms. The summed E-state index contributed by atoms with van der Waals surface area (Å²) in [5.41, 5.74) is 0.947. The van der Waals surface area contributed by atoms with Crippen molar-refractivity contribution in [3.63, 3.8) is 0 Å². The lowest BCUT2D eigenvalue weighted by Gasteiger charge is -2.41. The van der Waals surface area contributed by atoms with E-state index >= 15 is 0 Å². The molecule has 1 aromatic heterocycles. The van der Waals surface area contributed by atoms with E-state index in [9.17, 15) is 9.90 Å². The van der Waals surface area contributed by atoms with Gasteiger partial charge in [0.25, 0.3) is 0 Å². The van der Waals surface area contributed by atoms with Crippen LogP contribution in [0.25, 0.3) is 0 Å². The molecule has 1 atom stereocenters. The Morgan fingerprint density at radius 1 is 1.40 bits per heavy atom. The van der Waals surface area contributed by atoms with Gasteiger partial charge in [-0.1, -0.05) is 0 Å². The minimum Gasteiger partial charge on any atom is -0.490 e. The minimum atomic E-state index is -0.483. The Labute approximate surface area is 148 Å². The fourth-order valence-electron chi connectivity index (χ4n) is 3.92. The van der Waals surface area contributed by atoms with Crippen molar-refractivity contribution in [1.82, 2.24) is 9.88 Å². The Kier molecular flexibility index (Phi) is 3.55. The van der Waals surface area contributed by atoms with Crippen LogP contribution in [0.1, 0.15) is 45.6 Å². The quantitative estimate of drug-likeness (QED) is 0.887. The van der Waals surface area contributed by atoms with Crippen LogP contribution in [0, 0.1) is 5.41 Å². The molecule has 0 aromatic carbocycles. The Hall–Kier alpha value is -1.82. The summed E-state index contributed by atoms with van der Waals surface area (Å²) >= 11 is 0. The van der Waals surface area contributed by atoms with Crippen molar-refractivity contribution in [3.8, 4) is 5.75 Å². The number of aromatic nitrogens is 1. The predicted molar refractivity (Wildman–Crippen MR) is 91.5 cm³/mol. The summed E-state index contributed by atoms with van der Waals surface area (Å²) in [5.74, 6) is 0.730. The third kappa shape index (κ3) is 2.76. The summed E-state index contributed by atoms with van der Waals surface area (Å²) in [5, 5.41) is 9.48. The van der Waals surface area contributed by atoms with E-state index in [2.05, 4.69) is 4.98 Å². The molecule has 3 fully saturated rings. The maximum Gasteiger partial charge on any atom is 0.410 e. The summed E-state index contributed by atoms with van der Waals surface area (Å²) < 4.78 is 11.3. The molecule has 1 unspecified atom stereocenters. The third-order valence-corrected chi connectivity index (χ3v) is 5.83. The van der Waals surface area contributed by atoms with Crippen LogP contribution in [-0.2, 0) is 10.2 Å². The number of carbonyl (C=O) groups is 1. The summed E-state index contributed by atoms with van der Waals surface area (Å²) in [4.78, 5) is 18.2. The predicted octanol–water partition coefficient (Wildman–Crippen LogP) is 2.49. The first-order valence-electron chi connectivity index (χ1n) is 8.97. The molecule has 25 heavy (non-hydrogen) atoms. The first-order valence-corrected chi connectivity index (χ1v) is 8.97. The van der Waals surface area contributed by atoms with Crippen molar-refractivity contribution in [2.24, 2.45) is 5.41 Å². The van der Waals surface area contributed by atoms with Gasteiger partial charge in [0.05, 0.1) is 12.2 Å². The van der Waals surface area contributed by atoms with E-state index in [1.165, 1.54) is 0 Å². The van der Waals surface area contributed by atoms with Gasteiger partial charge in [0.15, 0.2) is 0 Å². The topological polar surface area (TPSA) is 71.9 Å². The second-order valence-electron chi connectivity index (χ2n) is 8.71. The van der Waals surface area contributed by atoms with Crippen molar-refractivity contribution in [2.75, 3.05) is 19.8 Å². The van der Waals surface area contributed by atoms with Crippen LogP contribution in [-0.4, -0.2) is 52.5 Å². The van der Waals surface area contributed by atoms with Crippen LogP contribution in [0.15, 0.2) is 18.5 Å². The Bertz CT molecular complexity index is 691. The number of hydrogen-bond donors (Lipinski definition) is 1. The number of likely N-dealkylation sites (tertiary alicyclic amines) is 1. The molecule has 2 heterocycles. The van der Waals surface area contributed by atoms with Crippen molar-refractivity contribution in [1.29, 1.82) is 0 Å². The highest BCUT2D eigenvalue weighted by atomic mass is 16.6. The Morgan fingerprint density at radius 3 is 2.72 bits per heavy atom. The van der Waals surface area contributed by atoms with E-state index in [0.717, 1.165) is 30.6 Å². The van der Waals surface area contributed by atoms with Gasteiger partial charge >= 0.3 is 6.09 Å². The van der Waals surface area contributed by atoms with Crippen LogP contribution in [0.4, 0.5) is 4.79 Å². The number of pyridine rings is 1. The van der Waals surface area contributed by atoms with Crippen molar-refractivity contribution >= 4 is 6.09 Å². The maximum absolute atomic E-state index is 12.1. The summed E-state index contributed by atoms with van der Waals surface area (Å²) in [6.45, 7) is 7.02. The van der Waals surface area contributed by atoms with Gasteiger partial charge in [-0.3, -0.25) is 4.98 Å². The van der Waals surface area contributed by atoms with E-state index in [1.54, 1.807) is 11.1 Å². The fraction of sp³-hybridized carbons (Fsp3) is 0.684. The van der Waals surface area contributed by atoms with Gasteiger partial charge in [0.1, 0.15) is 18.0 Å². The van der Waals surface area contributed by atoms with E-state index in [-0.39, 0.29) is 29.6 Å². The molecule has 2 aliphatic carbocycles. The molecule has 2 saturated carbocycles. The number of ether oxygens (including phenoxy) is 2. The minimum absolute atomic E-state index is 0.0510. The Balaban J connectivity index is 1.33. The van der Waals surface area contributed by atoms with Crippen molar-refractivity contribution in [2.45, 2.75) is 57.1 Å². The number of hydrogen-bond acceptors (Lipinski definition) is 5. The lowest BCUT2D eigenvalue weighted by molar-refractivity contribution is -0.0141. The number of fused-ring (bicyclic) bond motifs is 1. The van der Waals surface area contributed by atoms with Gasteiger partial charge in [-0.15, -0.1) is 0 Å². The van der Waals surface area contributed by atoms with Crippen LogP contribution >= 0.6 is 0 Å². The van der Waals surface area contributed by atoms with Gasteiger partial charge in [-0.05, 0) is 51.7 Å². The van der Waals surface area contributed by atoms with Crippen LogP contribution in [0.2, 0.25) is 0 Å². The van der Waals surface area contributed by atoms with Crippen LogP contribution < -0.4 is 4.74 Å². The molecule has 1 aliphatic heterocycles. The molecule has 6 heteroatoms. The molecule has 1 aromatic rings. The SMILES string of the molecule is CC(C)(C)OC(=O)N1CCC1COc1cncc(C23CC2(CO)C3)c1. The average molecular weight is 346 g/mol. The lowest BCUT2D eigenvalue weighted by Crippen LogP contribution is -2.55. The van der Waals surface area contributed by atoms with E-state index in [4.69, 9.17) is 9.47 Å². The van der Waals surface area contributed by atoms with E-state index in [0.29, 0.717) is 13.2 Å². The molecule has 1 amide bonds. The second-order valence-corrected chi connectivity index (χ2v) is 8.71. The van der Waals surface area contributed by atoms with Gasteiger partial charge in [0, 0.05) is 30.2 Å². The highest BCUT2D eigenvalue weighted by molar-refractivity contribution is 5.69. The fourth-order valence-corrected chi connectivity index (χ4v) is 3.92. The first-order chi connectivity index (χ1) is 11.8. The average Bonchev–Trinajstić information content (AvgIpc) is 3.31. The molecule has 0 bridgehead atoms. The number of amides is 1. The molecule has 6 nitrogen and oxygen atoms in total. The van der Waals surface area contributed by atoms with Gasteiger partial charge in [-0.25, -0.2) is 4.79 Å². The van der Waals surface area contributed by atoms with Gasteiger partial charge in [0.2, 0.25) is 0 Å². The summed E-state index contributed by atoms with van der Waals surface area (Å²) in [6, 6.07) is 2.09. The van der Waals surface area contributed by atoms with Crippen molar-refractivity contribution < 1.29 is 19.4 Å². The van der Waals surface area contributed by atoms with Crippen LogP contribution in [0.5, 0.6) is 5.75 Å². The standard InChI is InChI=1S/C19H26N2O4/c1-17(2,3)25-16(23)21-5-4-14(21)9-24-15-6-13(7-20-8-15)19-10-18(19,11-19)12-22/h6-8,14,22H,4-5,9-12H2,1-3H3. The molecular weight excluding hydrogens is 320 g/mol. The van der Waals surface area contributed by atoms with Crippen molar-refractivity contribution in [3.05, 3.63) is 24.0 Å². The maximum atomic E-state index is 12.1. The summed E-state index contributed by atoms with van der Waals surface area (Å²) in [7, 11) is 0. The molecular formula is C19H26N2O4. The number of carbonyl (C=O) groups excluding carboxylic acids is 1. The summed E-state index contributed by atoms with van der Waals surface area (Å²) in [6.07, 6.45) is 6.34. The highest BCUT2D eigenvalue weighted by Crippen LogP contribution is 2.85. The number of nitrogens with zero attached hydrogens (tertiary/aromatic N) is 2. The van der Waals surface area contributed by atoms with Crippen LogP contribution in [0.3, 0.4) is 0 Å². The lowest BCUT2D eigenvalue weighted by atomic mass is 10.0. The molecule has 1 saturated heterocycles. The van der Waals surface area contributed by atoms with E-state index < -0.39 is 5.60 Å². The Morgan fingerprint density at radius 2 is 2.16 bits per heavy atom. The van der Waals surface area contributed by atoms with Gasteiger partial charge < -0.3 is 19.5 Å². The smallest absolute Gasteiger partial charge is 0.410 e. The first kappa shape index (κ1) is 16.6. The molecule has 4 rings (SSSR count). The molecule has 3 aliphatic rings. The molecule has 0 radical (unpaired) electrons. The monoisotopic (exact) mass is 346 g/mol. The second kappa shape index (κ2) is 5.34.